The summed E-state index contributed by atoms with van der Waals surface area (Å²) in [5.41, 5.74) is -1.40. The van der Waals surface area contributed by atoms with Crippen molar-refractivity contribution in [2.24, 2.45) is 0 Å². The summed E-state index contributed by atoms with van der Waals surface area (Å²) in [7, 11) is 0. The first-order valence-corrected chi connectivity index (χ1v) is 6.60. The summed E-state index contributed by atoms with van der Waals surface area (Å²) in [6.07, 6.45) is 0.215. The maximum absolute atomic E-state index is 12.1. The smallest absolute Gasteiger partial charge is 0.332 e. The quantitative estimate of drug-likeness (QED) is 0.604. The molecule has 114 valence electrons. The maximum atomic E-state index is 12.1. The Balaban J connectivity index is 2.66. The molecule has 1 unspecified atom stereocenters. The second-order valence-corrected chi connectivity index (χ2v) is 4.59. The van der Waals surface area contributed by atoms with E-state index >= 15 is 0 Å². The molecule has 1 aliphatic rings. The van der Waals surface area contributed by atoms with Gasteiger partial charge in [-0.15, -0.1) is 0 Å². The van der Waals surface area contributed by atoms with E-state index < -0.39 is 17.5 Å². The third kappa shape index (κ3) is 3.83. The van der Waals surface area contributed by atoms with Crippen LogP contribution in [0, 0.1) is 0 Å². The number of ether oxygens (including phenoxy) is 1. The molecule has 1 fully saturated rings. The number of rotatable bonds is 6. The number of aliphatic carboxylic acids is 1. The summed E-state index contributed by atoms with van der Waals surface area (Å²) in [6, 6.07) is -0.577. The predicted octanol–water partition coefficient (Wildman–Crippen LogP) is -0.602. The van der Waals surface area contributed by atoms with Crippen LogP contribution in [0.3, 0.4) is 0 Å². The number of amides is 3. The fourth-order valence-corrected chi connectivity index (χ4v) is 1.92. The topological polar surface area (TPSA) is 108 Å². The van der Waals surface area contributed by atoms with Gasteiger partial charge in [-0.2, -0.15) is 0 Å². The molecule has 0 saturated carbocycles. The molecular weight excluding hydrogens is 266 g/mol. The summed E-state index contributed by atoms with van der Waals surface area (Å²) < 4.78 is 5.06. The monoisotopic (exact) mass is 287 g/mol. The lowest BCUT2D eigenvalue weighted by atomic mass is 9.99. The number of carboxylic acids is 1. The molecule has 0 radical (unpaired) electrons. The van der Waals surface area contributed by atoms with Crippen LogP contribution in [-0.4, -0.2) is 66.3 Å². The van der Waals surface area contributed by atoms with Crippen LogP contribution in [0.25, 0.3) is 0 Å². The molecule has 1 aliphatic heterocycles. The van der Waals surface area contributed by atoms with Crippen molar-refractivity contribution in [3.8, 4) is 0 Å². The molecule has 0 aromatic rings. The molecule has 20 heavy (non-hydrogen) atoms. The fraction of sp³-hybridized carbons (Fsp3) is 0.750. The number of carbonyl (C=O) groups excluding carboxylic acids is 2. The molecule has 8 nitrogen and oxygen atoms in total. The van der Waals surface area contributed by atoms with Gasteiger partial charge in [-0.3, -0.25) is 4.79 Å². The molecule has 3 N–H and O–H groups in total. The normalized spacial score (nSPS) is 21.3. The van der Waals surface area contributed by atoms with E-state index in [1.165, 1.54) is 4.90 Å². The van der Waals surface area contributed by atoms with Crippen LogP contribution in [0.2, 0.25) is 0 Å². The van der Waals surface area contributed by atoms with E-state index in [-0.39, 0.29) is 32.1 Å². The predicted molar refractivity (Wildman–Crippen MR) is 70.3 cm³/mol. The first-order valence-electron chi connectivity index (χ1n) is 6.60. The first kappa shape index (κ1) is 16.2. The Labute approximate surface area is 117 Å². The highest BCUT2D eigenvalue weighted by atomic mass is 16.5. The van der Waals surface area contributed by atoms with E-state index in [1.54, 1.807) is 13.8 Å². The van der Waals surface area contributed by atoms with Crippen molar-refractivity contribution in [3.05, 3.63) is 0 Å². The second-order valence-electron chi connectivity index (χ2n) is 4.59. The Morgan fingerprint density at radius 2 is 2.05 bits per heavy atom. The van der Waals surface area contributed by atoms with Crippen molar-refractivity contribution in [1.82, 2.24) is 15.5 Å². The van der Waals surface area contributed by atoms with Crippen molar-refractivity contribution in [2.45, 2.75) is 25.8 Å². The highest BCUT2D eigenvalue weighted by molar-refractivity contribution is 5.89. The van der Waals surface area contributed by atoms with E-state index in [0.717, 1.165) is 0 Å². The third-order valence-electron chi connectivity index (χ3n) is 3.15. The van der Waals surface area contributed by atoms with Gasteiger partial charge in [0.15, 0.2) is 5.54 Å². The Kier molecular flexibility index (Phi) is 5.75. The number of carbonyl (C=O) groups is 3. The van der Waals surface area contributed by atoms with E-state index in [2.05, 4.69) is 10.6 Å². The van der Waals surface area contributed by atoms with Gasteiger partial charge < -0.3 is 25.4 Å². The summed E-state index contributed by atoms with van der Waals surface area (Å²) in [4.78, 5) is 36.1. The van der Waals surface area contributed by atoms with Crippen LogP contribution >= 0.6 is 0 Å². The van der Waals surface area contributed by atoms with E-state index in [4.69, 9.17) is 4.74 Å². The van der Waals surface area contributed by atoms with Gasteiger partial charge in [0.2, 0.25) is 5.91 Å². The van der Waals surface area contributed by atoms with Crippen LogP contribution in [-0.2, 0) is 14.3 Å². The zero-order valence-electron chi connectivity index (χ0n) is 11.8. The Bertz CT molecular complexity index is 379. The van der Waals surface area contributed by atoms with Gasteiger partial charge in [0.05, 0.1) is 6.61 Å². The summed E-state index contributed by atoms with van der Waals surface area (Å²) in [6.45, 7) is 4.40. The van der Waals surface area contributed by atoms with Gasteiger partial charge >= 0.3 is 12.0 Å². The van der Waals surface area contributed by atoms with Crippen LogP contribution < -0.4 is 10.6 Å². The van der Waals surface area contributed by atoms with Crippen molar-refractivity contribution in [2.75, 3.05) is 32.8 Å². The summed E-state index contributed by atoms with van der Waals surface area (Å²) >= 11 is 0. The van der Waals surface area contributed by atoms with Gasteiger partial charge in [0.25, 0.3) is 0 Å². The Hall–Kier alpha value is -1.83. The molecule has 3 amide bonds. The molecule has 1 atom stereocenters. The molecule has 8 heteroatoms. The van der Waals surface area contributed by atoms with Crippen LogP contribution in [0.5, 0.6) is 0 Å². The van der Waals surface area contributed by atoms with Crippen LogP contribution in [0.15, 0.2) is 0 Å². The molecular formula is C12H21N3O5. The van der Waals surface area contributed by atoms with Gasteiger partial charge in [0.1, 0.15) is 6.54 Å². The van der Waals surface area contributed by atoms with E-state index in [9.17, 15) is 19.5 Å². The van der Waals surface area contributed by atoms with E-state index in [0.29, 0.717) is 13.1 Å². The Morgan fingerprint density at radius 1 is 1.35 bits per heavy atom. The molecule has 0 aromatic heterocycles. The van der Waals surface area contributed by atoms with Gasteiger partial charge in [-0.05, 0) is 13.8 Å². The van der Waals surface area contributed by atoms with Crippen molar-refractivity contribution in [1.29, 1.82) is 0 Å². The van der Waals surface area contributed by atoms with Gasteiger partial charge in [-0.1, -0.05) is 0 Å². The van der Waals surface area contributed by atoms with Crippen molar-refractivity contribution >= 4 is 17.9 Å². The first-order chi connectivity index (χ1) is 9.45. The average Bonchev–Trinajstić information content (AvgIpc) is 2.86. The lowest BCUT2D eigenvalue weighted by Gasteiger charge is -2.28. The SMILES string of the molecule is CCNC(=O)CN(CC)C(=O)NC1(C(=O)O)CCOC1. The zero-order chi connectivity index (χ0) is 15.2. The van der Waals surface area contributed by atoms with Crippen LogP contribution in [0.4, 0.5) is 4.79 Å². The lowest BCUT2D eigenvalue weighted by Crippen LogP contribution is -2.59. The minimum absolute atomic E-state index is 0.0627. The number of nitrogens with one attached hydrogen (secondary N) is 2. The van der Waals surface area contributed by atoms with Crippen molar-refractivity contribution in [3.63, 3.8) is 0 Å². The van der Waals surface area contributed by atoms with Crippen LogP contribution in [0.1, 0.15) is 20.3 Å². The second kappa shape index (κ2) is 7.09. The lowest BCUT2D eigenvalue weighted by molar-refractivity contribution is -0.144. The molecule has 0 spiro atoms. The van der Waals surface area contributed by atoms with Gasteiger partial charge in [-0.25, -0.2) is 9.59 Å². The number of hydrogen-bond acceptors (Lipinski definition) is 4. The number of carboxylic acid groups (broad SMARTS) is 1. The van der Waals surface area contributed by atoms with Gasteiger partial charge in [0, 0.05) is 26.1 Å². The maximum Gasteiger partial charge on any atom is 0.332 e. The Morgan fingerprint density at radius 3 is 2.50 bits per heavy atom. The number of nitrogens with zero attached hydrogens (tertiary/aromatic N) is 1. The van der Waals surface area contributed by atoms with E-state index in [1.807, 2.05) is 0 Å². The fourth-order valence-electron chi connectivity index (χ4n) is 1.92. The minimum atomic E-state index is -1.40. The minimum Gasteiger partial charge on any atom is -0.479 e. The molecule has 1 heterocycles. The summed E-state index contributed by atoms with van der Waals surface area (Å²) in [5.74, 6) is -1.41. The molecule has 0 bridgehead atoms. The highest BCUT2D eigenvalue weighted by Crippen LogP contribution is 2.19. The number of urea groups is 1. The molecule has 0 aromatic carbocycles. The van der Waals surface area contributed by atoms with Crippen molar-refractivity contribution < 1.29 is 24.2 Å². The molecule has 1 rings (SSSR count). The average molecular weight is 287 g/mol. The largest absolute Gasteiger partial charge is 0.479 e. The standard InChI is InChI=1S/C12H21N3O5/c1-3-13-9(16)7-15(4-2)11(19)14-12(10(17)18)5-6-20-8-12/h3-8H2,1-2H3,(H,13,16)(H,14,19)(H,17,18). The summed E-state index contributed by atoms with van der Waals surface area (Å²) in [5, 5.41) is 14.3. The molecule has 1 saturated heterocycles. The highest BCUT2D eigenvalue weighted by Gasteiger charge is 2.44. The molecule has 0 aliphatic carbocycles. The zero-order valence-corrected chi connectivity index (χ0v) is 11.8. The third-order valence-corrected chi connectivity index (χ3v) is 3.15. The number of hydrogen-bond donors (Lipinski definition) is 3. The number of likely N-dealkylation sites (N-methyl/N-ethyl adjacent to an activating group) is 2.